The maximum atomic E-state index is 11.1. The van der Waals surface area contributed by atoms with E-state index in [0.717, 1.165) is 11.8 Å². The third kappa shape index (κ3) is 1.91. The number of aldehydes is 1. The van der Waals surface area contributed by atoms with Gasteiger partial charge < -0.3 is 4.74 Å². The summed E-state index contributed by atoms with van der Waals surface area (Å²) < 4.78 is 5.27. The Bertz CT molecular complexity index is 305. The van der Waals surface area contributed by atoms with Gasteiger partial charge in [0.1, 0.15) is 0 Å². The van der Waals surface area contributed by atoms with Crippen molar-refractivity contribution in [1.82, 2.24) is 0 Å². The SMILES string of the molecule is C=CC[C@](C=O)(OC)c1ccccc1. The molecule has 0 aliphatic rings. The topological polar surface area (TPSA) is 26.3 Å². The van der Waals surface area contributed by atoms with Crippen LogP contribution in [0.25, 0.3) is 0 Å². The molecule has 0 spiro atoms. The van der Waals surface area contributed by atoms with E-state index in [1.165, 1.54) is 7.11 Å². The molecule has 1 atom stereocenters. The van der Waals surface area contributed by atoms with Gasteiger partial charge in [-0.3, -0.25) is 4.79 Å². The summed E-state index contributed by atoms with van der Waals surface area (Å²) in [5, 5.41) is 0. The van der Waals surface area contributed by atoms with Crippen LogP contribution in [0.15, 0.2) is 43.0 Å². The number of carbonyl (C=O) groups excluding carboxylic acids is 1. The van der Waals surface area contributed by atoms with E-state index in [9.17, 15) is 4.79 Å². The van der Waals surface area contributed by atoms with E-state index in [-0.39, 0.29) is 0 Å². The van der Waals surface area contributed by atoms with Crippen molar-refractivity contribution in [2.24, 2.45) is 0 Å². The first-order chi connectivity index (χ1) is 6.79. The molecule has 0 aliphatic carbocycles. The summed E-state index contributed by atoms with van der Waals surface area (Å²) in [6, 6.07) is 9.43. The molecule has 0 heterocycles. The van der Waals surface area contributed by atoms with Crippen LogP contribution in [0.2, 0.25) is 0 Å². The zero-order valence-electron chi connectivity index (χ0n) is 8.27. The highest BCUT2D eigenvalue weighted by molar-refractivity contribution is 5.66. The third-order valence-corrected chi connectivity index (χ3v) is 2.26. The number of methoxy groups -OCH3 is 1. The van der Waals surface area contributed by atoms with Crippen LogP contribution in [0.1, 0.15) is 12.0 Å². The summed E-state index contributed by atoms with van der Waals surface area (Å²) in [6.45, 7) is 3.63. The van der Waals surface area contributed by atoms with Gasteiger partial charge in [-0.05, 0) is 5.56 Å². The first-order valence-corrected chi connectivity index (χ1v) is 4.47. The molecule has 0 bridgehead atoms. The maximum Gasteiger partial charge on any atom is 0.156 e. The van der Waals surface area contributed by atoms with E-state index in [2.05, 4.69) is 6.58 Å². The van der Waals surface area contributed by atoms with E-state index in [1.54, 1.807) is 6.08 Å². The molecule has 0 saturated heterocycles. The number of carbonyl (C=O) groups is 1. The zero-order chi connectivity index (χ0) is 10.4. The van der Waals surface area contributed by atoms with E-state index >= 15 is 0 Å². The van der Waals surface area contributed by atoms with Crippen LogP contribution in [-0.4, -0.2) is 13.4 Å². The lowest BCUT2D eigenvalue weighted by Gasteiger charge is -2.25. The highest BCUT2D eigenvalue weighted by Crippen LogP contribution is 2.26. The summed E-state index contributed by atoms with van der Waals surface area (Å²) in [6.07, 6.45) is 2.99. The summed E-state index contributed by atoms with van der Waals surface area (Å²) in [5.74, 6) is 0. The van der Waals surface area contributed by atoms with E-state index in [0.29, 0.717) is 6.42 Å². The predicted octanol–water partition coefficient (Wildman–Crippen LogP) is 2.30. The van der Waals surface area contributed by atoms with Crippen molar-refractivity contribution in [2.75, 3.05) is 7.11 Å². The van der Waals surface area contributed by atoms with Gasteiger partial charge in [0.05, 0.1) is 0 Å². The lowest BCUT2D eigenvalue weighted by molar-refractivity contribution is -0.128. The second-order valence-corrected chi connectivity index (χ2v) is 3.07. The third-order valence-electron chi connectivity index (χ3n) is 2.26. The minimum atomic E-state index is -0.872. The van der Waals surface area contributed by atoms with Crippen molar-refractivity contribution < 1.29 is 9.53 Å². The smallest absolute Gasteiger partial charge is 0.156 e. The molecule has 2 heteroatoms. The summed E-state index contributed by atoms with van der Waals surface area (Å²) in [4.78, 5) is 11.1. The van der Waals surface area contributed by atoms with Crippen molar-refractivity contribution in [1.29, 1.82) is 0 Å². The second-order valence-electron chi connectivity index (χ2n) is 3.07. The van der Waals surface area contributed by atoms with Gasteiger partial charge in [0.15, 0.2) is 11.9 Å². The zero-order valence-corrected chi connectivity index (χ0v) is 8.27. The number of benzene rings is 1. The first kappa shape index (κ1) is 10.7. The quantitative estimate of drug-likeness (QED) is 0.526. The Morgan fingerprint density at radius 2 is 2.07 bits per heavy atom. The van der Waals surface area contributed by atoms with Crippen LogP contribution in [0.4, 0.5) is 0 Å². The van der Waals surface area contributed by atoms with Crippen molar-refractivity contribution >= 4 is 6.29 Å². The summed E-state index contributed by atoms with van der Waals surface area (Å²) in [5.41, 5.74) is -0.0133. The van der Waals surface area contributed by atoms with Crippen LogP contribution in [-0.2, 0) is 15.1 Å². The van der Waals surface area contributed by atoms with E-state index < -0.39 is 5.60 Å². The molecule has 74 valence electrons. The molecule has 1 rings (SSSR count). The molecule has 1 aromatic rings. The minimum absolute atomic E-state index is 0.483. The Morgan fingerprint density at radius 1 is 1.43 bits per heavy atom. The number of ether oxygens (including phenoxy) is 1. The van der Waals surface area contributed by atoms with Gasteiger partial charge in [-0.1, -0.05) is 36.4 Å². The van der Waals surface area contributed by atoms with Crippen molar-refractivity contribution in [3.05, 3.63) is 48.6 Å². The average molecular weight is 190 g/mol. The van der Waals surface area contributed by atoms with Gasteiger partial charge in [-0.25, -0.2) is 0 Å². The normalized spacial score (nSPS) is 14.4. The number of hydrogen-bond acceptors (Lipinski definition) is 2. The molecule has 0 aromatic heterocycles. The standard InChI is InChI=1S/C12H14O2/c1-3-9-12(10-13,14-2)11-7-5-4-6-8-11/h3-8,10H,1,9H2,2H3/t12-/m1/s1. The van der Waals surface area contributed by atoms with Crippen LogP contribution >= 0.6 is 0 Å². The molecule has 1 aromatic carbocycles. The summed E-state index contributed by atoms with van der Waals surface area (Å²) >= 11 is 0. The Kier molecular flexibility index (Phi) is 3.60. The Morgan fingerprint density at radius 3 is 2.50 bits per heavy atom. The molecule has 2 nitrogen and oxygen atoms in total. The molecular weight excluding hydrogens is 176 g/mol. The molecule has 0 amide bonds. The van der Waals surface area contributed by atoms with Gasteiger partial charge in [-0.15, -0.1) is 6.58 Å². The highest BCUT2D eigenvalue weighted by Gasteiger charge is 2.29. The van der Waals surface area contributed by atoms with Crippen molar-refractivity contribution in [3.8, 4) is 0 Å². The number of hydrogen-bond donors (Lipinski definition) is 0. The highest BCUT2D eigenvalue weighted by atomic mass is 16.5. The van der Waals surface area contributed by atoms with Gasteiger partial charge in [0.25, 0.3) is 0 Å². The van der Waals surface area contributed by atoms with Crippen molar-refractivity contribution in [3.63, 3.8) is 0 Å². The van der Waals surface area contributed by atoms with Crippen LogP contribution in [0.3, 0.4) is 0 Å². The van der Waals surface area contributed by atoms with Crippen molar-refractivity contribution in [2.45, 2.75) is 12.0 Å². The molecule has 0 N–H and O–H groups in total. The Labute approximate surface area is 84.2 Å². The lowest BCUT2D eigenvalue weighted by Crippen LogP contribution is -2.29. The van der Waals surface area contributed by atoms with Gasteiger partial charge in [-0.2, -0.15) is 0 Å². The molecule has 0 saturated carbocycles. The fraction of sp³-hybridized carbons (Fsp3) is 0.250. The molecule has 0 unspecified atom stereocenters. The monoisotopic (exact) mass is 190 g/mol. The van der Waals surface area contributed by atoms with E-state index in [1.807, 2.05) is 30.3 Å². The van der Waals surface area contributed by atoms with E-state index in [4.69, 9.17) is 4.74 Å². The Hall–Kier alpha value is -1.41. The minimum Gasteiger partial charge on any atom is -0.366 e. The molecule has 0 fully saturated rings. The lowest BCUT2D eigenvalue weighted by atomic mass is 9.92. The molecular formula is C12H14O2. The fourth-order valence-corrected chi connectivity index (χ4v) is 1.42. The molecule has 0 radical (unpaired) electrons. The second kappa shape index (κ2) is 4.72. The maximum absolute atomic E-state index is 11.1. The van der Waals surface area contributed by atoms with Crippen LogP contribution in [0.5, 0.6) is 0 Å². The predicted molar refractivity (Wildman–Crippen MR) is 56.0 cm³/mol. The summed E-state index contributed by atoms with van der Waals surface area (Å²) in [7, 11) is 1.53. The first-order valence-electron chi connectivity index (χ1n) is 4.47. The van der Waals surface area contributed by atoms with Gasteiger partial charge in [0.2, 0.25) is 0 Å². The largest absolute Gasteiger partial charge is 0.366 e. The van der Waals surface area contributed by atoms with Crippen LogP contribution < -0.4 is 0 Å². The number of rotatable bonds is 5. The average Bonchev–Trinajstić information content (AvgIpc) is 2.27. The van der Waals surface area contributed by atoms with Gasteiger partial charge >= 0.3 is 0 Å². The van der Waals surface area contributed by atoms with Gasteiger partial charge in [0, 0.05) is 13.5 Å². The van der Waals surface area contributed by atoms with Crippen LogP contribution in [0, 0.1) is 0 Å². The Balaban J connectivity index is 3.09. The fourth-order valence-electron chi connectivity index (χ4n) is 1.42. The molecule has 14 heavy (non-hydrogen) atoms. The molecule has 0 aliphatic heterocycles.